The van der Waals surface area contributed by atoms with Crippen LogP contribution < -0.4 is 0 Å². The third-order valence-electron chi connectivity index (χ3n) is 3.43. The SMILES string of the molecule is CSC1(C#N)CCN(C(=O)c2ccc(F)nc2)CC1. The maximum absolute atomic E-state index is 12.7. The molecular weight excluding hydrogens is 265 g/mol. The number of pyridine rings is 1. The number of hydrogen-bond donors (Lipinski definition) is 0. The van der Waals surface area contributed by atoms with Gasteiger partial charge in [-0.3, -0.25) is 4.79 Å². The lowest BCUT2D eigenvalue weighted by Crippen LogP contribution is -2.44. The summed E-state index contributed by atoms with van der Waals surface area (Å²) < 4.78 is 12.3. The number of hydrogen-bond acceptors (Lipinski definition) is 4. The molecule has 2 heterocycles. The Morgan fingerprint density at radius 3 is 2.68 bits per heavy atom. The van der Waals surface area contributed by atoms with Crippen LogP contribution in [0.25, 0.3) is 0 Å². The van der Waals surface area contributed by atoms with E-state index in [1.807, 2.05) is 6.26 Å². The largest absolute Gasteiger partial charge is 0.338 e. The summed E-state index contributed by atoms with van der Waals surface area (Å²) in [5.74, 6) is -0.749. The first-order chi connectivity index (χ1) is 9.10. The first kappa shape index (κ1) is 13.8. The van der Waals surface area contributed by atoms with Gasteiger partial charge < -0.3 is 4.90 Å². The number of halogens is 1. The zero-order valence-corrected chi connectivity index (χ0v) is 11.4. The van der Waals surface area contributed by atoms with Crippen molar-refractivity contribution >= 4 is 17.7 Å². The summed E-state index contributed by atoms with van der Waals surface area (Å²) in [5, 5.41) is 9.19. The van der Waals surface area contributed by atoms with Gasteiger partial charge in [-0.15, -0.1) is 11.8 Å². The number of thioether (sulfide) groups is 1. The lowest BCUT2D eigenvalue weighted by atomic mass is 9.97. The van der Waals surface area contributed by atoms with Crippen molar-refractivity contribution in [2.45, 2.75) is 17.6 Å². The van der Waals surface area contributed by atoms with Gasteiger partial charge >= 0.3 is 0 Å². The standard InChI is InChI=1S/C13H14FN3OS/c1-19-13(9-15)4-6-17(7-5-13)12(18)10-2-3-11(14)16-8-10/h2-3,8H,4-7H2,1H3. The van der Waals surface area contributed by atoms with Crippen LogP contribution >= 0.6 is 11.8 Å². The summed E-state index contributed by atoms with van der Waals surface area (Å²) >= 11 is 1.54. The molecule has 1 aliphatic rings. The molecule has 1 amide bonds. The molecule has 0 radical (unpaired) electrons. The predicted molar refractivity (Wildman–Crippen MR) is 71.2 cm³/mol. The molecule has 6 heteroatoms. The summed E-state index contributed by atoms with van der Waals surface area (Å²) in [5.41, 5.74) is 0.384. The van der Waals surface area contributed by atoms with Gasteiger partial charge in [0.2, 0.25) is 5.95 Å². The van der Waals surface area contributed by atoms with E-state index in [-0.39, 0.29) is 10.7 Å². The van der Waals surface area contributed by atoms with Crippen LogP contribution in [0.5, 0.6) is 0 Å². The van der Waals surface area contributed by atoms with Crippen LogP contribution in [0.3, 0.4) is 0 Å². The molecule has 1 aromatic heterocycles. The van der Waals surface area contributed by atoms with Crippen LogP contribution in [0, 0.1) is 17.3 Å². The predicted octanol–water partition coefficient (Wildman–Crippen LogP) is 2.08. The van der Waals surface area contributed by atoms with Crippen LogP contribution in [0.4, 0.5) is 4.39 Å². The van der Waals surface area contributed by atoms with Gasteiger partial charge in [-0.05, 0) is 31.2 Å². The fourth-order valence-corrected chi connectivity index (χ4v) is 2.80. The first-order valence-electron chi connectivity index (χ1n) is 5.97. The molecule has 0 aromatic carbocycles. The monoisotopic (exact) mass is 279 g/mol. The number of aromatic nitrogens is 1. The number of carbonyl (C=O) groups is 1. The minimum absolute atomic E-state index is 0.153. The number of nitrogens with zero attached hydrogens (tertiary/aromatic N) is 3. The molecule has 0 N–H and O–H groups in total. The Morgan fingerprint density at radius 2 is 2.21 bits per heavy atom. The number of rotatable bonds is 2. The highest BCUT2D eigenvalue weighted by Gasteiger charge is 2.35. The highest BCUT2D eigenvalue weighted by Crippen LogP contribution is 2.34. The fraction of sp³-hybridized carbons (Fsp3) is 0.462. The Hall–Kier alpha value is -1.61. The zero-order chi connectivity index (χ0) is 13.9. The number of piperidine rings is 1. The lowest BCUT2D eigenvalue weighted by molar-refractivity contribution is 0.0716. The molecule has 1 aliphatic heterocycles. The summed E-state index contributed by atoms with van der Waals surface area (Å²) in [6.07, 6.45) is 4.49. The van der Waals surface area contributed by atoms with Crippen molar-refractivity contribution in [1.82, 2.24) is 9.88 Å². The summed E-state index contributed by atoms with van der Waals surface area (Å²) in [6.45, 7) is 1.09. The van der Waals surface area contributed by atoms with E-state index in [1.165, 1.54) is 18.3 Å². The molecule has 1 fully saturated rings. The second kappa shape index (κ2) is 5.57. The molecule has 100 valence electrons. The highest BCUT2D eigenvalue weighted by atomic mass is 32.2. The van der Waals surface area contributed by atoms with E-state index in [0.717, 1.165) is 0 Å². The molecule has 0 saturated carbocycles. The number of nitriles is 1. The van der Waals surface area contributed by atoms with Gasteiger partial charge in [0.1, 0.15) is 4.75 Å². The molecule has 19 heavy (non-hydrogen) atoms. The molecule has 0 atom stereocenters. The van der Waals surface area contributed by atoms with E-state index in [1.54, 1.807) is 16.7 Å². The summed E-state index contributed by atoms with van der Waals surface area (Å²) in [7, 11) is 0. The van der Waals surface area contributed by atoms with Crippen molar-refractivity contribution < 1.29 is 9.18 Å². The van der Waals surface area contributed by atoms with Crippen LogP contribution in [0.15, 0.2) is 18.3 Å². The molecule has 2 rings (SSSR count). The third-order valence-corrected chi connectivity index (χ3v) is 4.71. The van der Waals surface area contributed by atoms with Gasteiger partial charge in [-0.25, -0.2) is 4.98 Å². The van der Waals surface area contributed by atoms with E-state index in [0.29, 0.717) is 31.5 Å². The molecular formula is C13H14FN3OS. The number of carbonyl (C=O) groups excluding carboxylic acids is 1. The quantitative estimate of drug-likeness (QED) is 0.778. The van der Waals surface area contributed by atoms with Crippen molar-refractivity contribution in [3.05, 3.63) is 29.8 Å². The maximum atomic E-state index is 12.7. The second-order valence-corrected chi connectivity index (χ2v) is 5.66. The average molecular weight is 279 g/mol. The van der Waals surface area contributed by atoms with Gasteiger partial charge in [0.15, 0.2) is 0 Å². The van der Waals surface area contributed by atoms with Crippen LogP contribution in [-0.4, -0.2) is 39.9 Å². The molecule has 0 unspecified atom stereocenters. The molecule has 4 nitrogen and oxygen atoms in total. The number of likely N-dealkylation sites (tertiary alicyclic amines) is 1. The van der Waals surface area contributed by atoms with Crippen molar-refractivity contribution in [2.75, 3.05) is 19.3 Å². The molecule has 1 saturated heterocycles. The Bertz CT molecular complexity index is 504. The molecule has 0 aliphatic carbocycles. The van der Waals surface area contributed by atoms with E-state index < -0.39 is 5.95 Å². The summed E-state index contributed by atoms with van der Waals surface area (Å²) in [6, 6.07) is 4.95. The average Bonchev–Trinajstić information content (AvgIpc) is 2.47. The maximum Gasteiger partial charge on any atom is 0.255 e. The van der Waals surface area contributed by atoms with Crippen molar-refractivity contribution in [3.63, 3.8) is 0 Å². The van der Waals surface area contributed by atoms with Gasteiger partial charge in [0.25, 0.3) is 5.91 Å². The minimum atomic E-state index is -0.596. The van der Waals surface area contributed by atoms with Crippen LogP contribution in [-0.2, 0) is 0 Å². The molecule has 1 aromatic rings. The third kappa shape index (κ3) is 2.87. The topological polar surface area (TPSA) is 57.0 Å². The molecule has 0 bridgehead atoms. The Morgan fingerprint density at radius 1 is 1.53 bits per heavy atom. The number of amides is 1. The Balaban J connectivity index is 2.04. The smallest absolute Gasteiger partial charge is 0.255 e. The van der Waals surface area contributed by atoms with Crippen molar-refractivity contribution in [2.24, 2.45) is 0 Å². The second-order valence-electron chi connectivity index (χ2n) is 4.47. The van der Waals surface area contributed by atoms with Crippen molar-refractivity contribution in [3.8, 4) is 6.07 Å². The lowest BCUT2D eigenvalue weighted by Gasteiger charge is -2.36. The Kier molecular flexibility index (Phi) is 4.05. The minimum Gasteiger partial charge on any atom is -0.338 e. The van der Waals surface area contributed by atoms with Crippen LogP contribution in [0.2, 0.25) is 0 Å². The van der Waals surface area contributed by atoms with E-state index in [9.17, 15) is 14.4 Å². The normalized spacial score (nSPS) is 17.8. The fourth-order valence-electron chi connectivity index (χ4n) is 2.12. The summed E-state index contributed by atoms with van der Waals surface area (Å²) in [4.78, 5) is 17.4. The van der Waals surface area contributed by atoms with Crippen molar-refractivity contribution in [1.29, 1.82) is 5.26 Å². The van der Waals surface area contributed by atoms with Gasteiger partial charge in [0.05, 0.1) is 11.6 Å². The van der Waals surface area contributed by atoms with E-state index in [2.05, 4.69) is 11.1 Å². The van der Waals surface area contributed by atoms with E-state index in [4.69, 9.17) is 0 Å². The van der Waals surface area contributed by atoms with Gasteiger partial charge in [0, 0.05) is 19.3 Å². The van der Waals surface area contributed by atoms with E-state index >= 15 is 0 Å². The zero-order valence-electron chi connectivity index (χ0n) is 10.6. The van der Waals surface area contributed by atoms with Gasteiger partial charge in [-0.1, -0.05) is 0 Å². The van der Waals surface area contributed by atoms with Gasteiger partial charge in [-0.2, -0.15) is 9.65 Å². The molecule has 0 spiro atoms. The van der Waals surface area contributed by atoms with Crippen LogP contribution in [0.1, 0.15) is 23.2 Å². The Labute approximate surface area is 115 Å². The highest BCUT2D eigenvalue weighted by molar-refractivity contribution is 8.00. The first-order valence-corrected chi connectivity index (χ1v) is 7.20.